The van der Waals surface area contributed by atoms with Crippen LogP contribution in [-0.2, 0) is 0 Å². The van der Waals surface area contributed by atoms with Crippen LogP contribution in [0.5, 0.6) is 11.5 Å². The van der Waals surface area contributed by atoms with Crippen molar-refractivity contribution in [3.8, 4) is 11.5 Å². The molecule has 0 radical (unpaired) electrons. The highest BCUT2D eigenvalue weighted by molar-refractivity contribution is 5.95. The summed E-state index contributed by atoms with van der Waals surface area (Å²) in [5, 5.41) is 3.80. The fourth-order valence-corrected chi connectivity index (χ4v) is 2.58. The molecule has 0 atom stereocenters. The van der Waals surface area contributed by atoms with Crippen molar-refractivity contribution in [3.63, 3.8) is 0 Å². The number of nitrogens with zero attached hydrogens (tertiary/aromatic N) is 1. The maximum atomic E-state index is 13.4. The third kappa shape index (κ3) is 3.79. The van der Waals surface area contributed by atoms with Crippen LogP contribution in [-0.4, -0.2) is 18.2 Å². The highest BCUT2D eigenvalue weighted by atomic mass is 19.1. The van der Waals surface area contributed by atoms with Crippen LogP contribution in [0.3, 0.4) is 0 Å². The van der Waals surface area contributed by atoms with E-state index in [-0.39, 0.29) is 0 Å². The number of benzene rings is 2. The molecule has 25 heavy (non-hydrogen) atoms. The summed E-state index contributed by atoms with van der Waals surface area (Å²) in [5.41, 5.74) is 1.67. The molecule has 1 heterocycles. The van der Waals surface area contributed by atoms with E-state index in [9.17, 15) is 8.78 Å². The van der Waals surface area contributed by atoms with Crippen LogP contribution in [0.25, 0.3) is 10.9 Å². The van der Waals surface area contributed by atoms with Crippen molar-refractivity contribution in [2.24, 2.45) is 0 Å². The van der Waals surface area contributed by atoms with Crippen molar-refractivity contribution in [2.45, 2.75) is 13.8 Å². The normalized spacial score (nSPS) is 10.7. The van der Waals surface area contributed by atoms with Crippen LogP contribution in [0.2, 0.25) is 0 Å². The second kappa shape index (κ2) is 7.34. The Morgan fingerprint density at radius 3 is 2.20 bits per heavy atom. The van der Waals surface area contributed by atoms with Crippen molar-refractivity contribution in [2.75, 3.05) is 18.5 Å². The first kappa shape index (κ1) is 17.0. The quantitative estimate of drug-likeness (QED) is 0.679. The zero-order valence-corrected chi connectivity index (χ0v) is 14.0. The fourth-order valence-electron chi connectivity index (χ4n) is 2.58. The van der Waals surface area contributed by atoms with Crippen molar-refractivity contribution < 1.29 is 18.3 Å². The van der Waals surface area contributed by atoms with Crippen LogP contribution in [0.1, 0.15) is 13.8 Å². The fraction of sp³-hybridized carbons (Fsp3) is 0.211. The highest BCUT2D eigenvalue weighted by Crippen LogP contribution is 2.35. The summed E-state index contributed by atoms with van der Waals surface area (Å²) in [6.45, 7) is 4.78. The molecule has 6 heteroatoms. The Balaban J connectivity index is 2.07. The Kier molecular flexibility index (Phi) is 4.97. The maximum Gasteiger partial charge on any atom is 0.163 e. The number of pyridine rings is 1. The van der Waals surface area contributed by atoms with Crippen molar-refractivity contribution in [3.05, 3.63) is 54.2 Å². The van der Waals surface area contributed by atoms with E-state index in [1.165, 1.54) is 12.1 Å². The van der Waals surface area contributed by atoms with Crippen molar-refractivity contribution >= 4 is 22.3 Å². The van der Waals surface area contributed by atoms with Gasteiger partial charge in [0, 0.05) is 35.1 Å². The molecule has 2 aromatic carbocycles. The number of hydrogen-bond donors (Lipinski definition) is 1. The summed E-state index contributed by atoms with van der Waals surface area (Å²) in [5.74, 6) is -0.0828. The van der Waals surface area contributed by atoms with Gasteiger partial charge in [0.25, 0.3) is 0 Å². The summed E-state index contributed by atoms with van der Waals surface area (Å²) in [7, 11) is 0. The number of hydrogen-bond acceptors (Lipinski definition) is 4. The third-order valence-corrected chi connectivity index (χ3v) is 3.55. The minimum Gasteiger partial charge on any atom is -0.490 e. The van der Waals surface area contributed by atoms with Crippen molar-refractivity contribution in [1.82, 2.24) is 4.98 Å². The lowest BCUT2D eigenvalue weighted by Gasteiger charge is -2.14. The van der Waals surface area contributed by atoms with Gasteiger partial charge in [0.1, 0.15) is 11.6 Å². The Labute approximate surface area is 144 Å². The van der Waals surface area contributed by atoms with Gasteiger partial charge in [0.2, 0.25) is 0 Å². The molecule has 4 nitrogen and oxygen atoms in total. The van der Waals surface area contributed by atoms with Gasteiger partial charge in [0.05, 0.1) is 18.7 Å². The van der Waals surface area contributed by atoms with Gasteiger partial charge < -0.3 is 14.8 Å². The zero-order chi connectivity index (χ0) is 17.8. The maximum absolute atomic E-state index is 13.4. The van der Waals surface area contributed by atoms with E-state index < -0.39 is 11.6 Å². The van der Waals surface area contributed by atoms with Gasteiger partial charge in [-0.05, 0) is 38.1 Å². The van der Waals surface area contributed by atoms with Crippen LogP contribution in [0, 0.1) is 11.6 Å². The van der Waals surface area contributed by atoms with Crippen LogP contribution < -0.4 is 14.8 Å². The summed E-state index contributed by atoms with van der Waals surface area (Å²) >= 11 is 0. The molecule has 1 aromatic heterocycles. The Morgan fingerprint density at radius 1 is 0.920 bits per heavy atom. The number of rotatable bonds is 6. The van der Waals surface area contributed by atoms with Gasteiger partial charge in [0.15, 0.2) is 11.5 Å². The number of anilines is 2. The van der Waals surface area contributed by atoms with Crippen LogP contribution in [0.15, 0.2) is 42.6 Å². The molecule has 0 bridgehead atoms. The second-order valence-corrected chi connectivity index (χ2v) is 5.32. The minimum atomic E-state index is -0.644. The van der Waals surface area contributed by atoms with Gasteiger partial charge in [-0.3, -0.25) is 4.98 Å². The Morgan fingerprint density at radius 2 is 1.56 bits per heavy atom. The lowest BCUT2D eigenvalue weighted by Crippen LogP contribution is -2.00. The number of halogens is 2. The predicted molar refractivity (Wildman–Crippen MR) is 93.7 cm³/mol. The molecule has 0 unspecified atom stereocenters. The van der Waals surface area contributed by atoms with Gasteiger partial charge >= 0.3 is 0 Å². The lowest BCUT2D eigenvalue weighted by atomic mass is 10.1. The molecule has 3 aromatic rings. The van der Waals surface area contributed by atoms with Gasteiger partial charge in [-0.2, -0.15) is 0 Å². The third-order valence-electron chi connectivity index (χ3n) is 3.55. The standard InChI is InChI=1S/C19H18F2N2O2/c1-3-24-18-10-15-16(23-14-8-12(20)7-13(21)9-14)5-6-22-17(15)11-19(18)25-4-2/h5-11H,3-4H2,1-2H3,(H,22,23). The smallest absolute Gasteiger partial charge is 0.163 e. The molecular formula is C19H18F2N2O2. The molecule has 0 spiro atoms. The first-order valence-electron chi connectivity index (χ1n) is 8.02. The number of nitrogens with one attached hydrogen (secondary N) is 1. The molecule has 0 aliphatic rings. The van der Waals surface area contributed by atoms with E-state index in [0.29, 0.717) is 41.6 Å². The average Bonchev–Trinajstić information content (AvgIpc) is 2.55. The summed E-state index contributed by atoms with van der Waals surface area (Å²) < 4.78 is 38.1. The van der Waals surface area contributed by atoms with E-state index in [0.717, 1.165) is 11.5 Å². The predicted octanol–water partition coefficient (Wildman–Crippen LogP) is 5.05. The van der Waals surface area contributed by atoms with Gasteiger partial charge in [-0.1, -0.05) is 0 Å². The molecule has 0 amide bonds. The van der Waals surface area contributed by atoms with Crippen LogP contribution >= 0.6 is 0 Å². The SMILES string of the molecule is CCOc1cc2nccc(Nc3cc(F)cc(F)c3)c2cc1OCC. The first-order valence-corrected chi connectivity index (χ1v) is 8.02. The molecule has 0 saturated carbocycles. The molecule has 0 aliphatic heterocycles. The number of fused-ring (bicyclic) bond motifs is 1. The Bertz CT molecular complexity index is 880. The molecule has 0 fully saturated rings. The number of ether oxygens (including phenoxy) is 2. The topological polar surface area (TPSA) is 43.4 Å². The molecule has 0 aliphatic carbocycles. The average molecular weight is 344 g/mol. The molecule has 130 valence electrons. The molecule has 3 rings (SSSR count). The summed E-state index contributed by atoms with van der Waals surface area (Å²) in [6.07, 6.45) is 1.62. The van der Waals surface area contributed by atoms with Crippen LogP contribution in [0.4, 0.5) is 20.2 Å². The Hall–Kier alpha value is -2.89. The van der Waals surface area contributed by atoms with Gasteiger partial charge in [-0.15, -0.1) is 0 Å². The van der Waals surface area contributed by atoms with E-state index in [4.69, 9.17) is 9.47 Å². The largest absolute Gasteiger partial charge is 0.490 e. The van der Waals surface area contributed by atoms with E-state index >= 15 is 0 Å². The second-order valence-electron chi connectivity index (χ2n) is 5.32. The van der Waals surface area contributed by atoms with E-state index in [1.807, 2.05) is 19.9 Å². The summed E-state index contributed by atoms with van der Waals surface area (Å²) in [6, 6.07) is 8.63. The van der Waals surface area contributed by atoms with E-state index in [2.05, 4.69) is 10.3 Å². The first-order chi connectivity index (χ1) is 12.1. The summed E-state index contributed by atoms with van der Waals surface area (Å²) in [4.78, 5) is 4.34. The highest BCUT2D eigenvalue weighted by Gasteiger charge is 2.11. The monoisotopic (exact) mass is 344 g/mol. The van der Waals surface area contributed by atoms with E-state index in [1.54, 1.807) is 18.3 Å². The van der Waals surface area contributed by atoms with Crippen molar-refractivity contribution in [1.29, 1.82) is 0 Å². The zero-order valence-electron chi connectivity index (χ0n) is 14.0. The minimum absolute atomic E-state index is 0.317. The molecular weight excluding hydrogens is 326 g/mol. The molecule has 0 saturated heterocycles. The van der Waals surface area contributed by atoms with Gasteiger partial charge in [-0.25, -0.2) is 8.78 Å². The molecule has 1 N–H and O–H groups in total. The lowest BCUT2D eigenvalue weighted by molar-refractivity contribution is 0.288. The number of aromatic nitrogens is 1.